The third-order valence-corrected chi connectivity index (χ3v) is 5.82. The molecule has 2 aromatic carbocycles. The molecule has 1 fully saturated rings. The number of ether oxygens (including phenoxy) is 1. The van der Waals surface area contributed by atoms with E-state index in [1.807, 2.05) is 0 Å². The van der Waals surface area contributed by atoms with Crippen molar-refractivity contribution >= 4 is 23.4 Å². The van der Waals surface area contributed by atoms with Gasteiger partial charge in [-0.2, -0.15) is 0 Å². The van der Waals surface area contributed by atoms with Gasteiger partial charge in [0.2, 0.25) is 5.91 Å². The van der Waals surface area contributed by atoms with Gasteiger partial charge in [-0.1, -0.05) is 51.2 Å². The highest BCUT2D eigenvalue weighted by Gasteiger charge is 2.21. The average molecular weight is 452 g/mol. The second kappa shape index (κ2) is 12.6. The van der Waals surface area contributed by atoms with Crippen LogP contribution in [-0.4, -0.2) is 24.3 Å². The van der Waals surface area contributed by atoms with Crippen molar-refractivity contribution in [3.05, 3.63) is 59.7 Å². The summed E-state index contributed by atoms with van der Waals surface area (Å²) in [6.45, 7) is 2.65. The highest BCUT2D eigenvalue weighted by molar-refractivity contribution is 6.00. The zero-order valence-electron chi connectivity index (χ0n) is 19.2. The highest BCUT2D eigenvalue weighted by Crippen LogP contribution is 2.25. The van der Waals surface area contributed by atoms with Gasteiger partial charge >= 0.3 is 0 Å². The van der Waals surface area contributed by atoms with Crippen LogP contribution < -0.4 is 20.9 Å². The molecular weight excluding hydrogens is 418 g/mol. The van der Waals surface area contributed by atoms with Gasteiger partial charge in [0.05, 0.1) is 12.2 Å². The lowest BCUT2D eigenvalue weighted by Crippen LogP contribution is -2.41. The first-order valence-corrected chi connectivity index (χ1v) is 11.8. The molecule has 0 bridgehead atoms. The zero-order chi connectivity index (χ0) is 23.5. The molecule has 7 nitrogen and oxygen atoms in total. The fourth-order valence-corrected chi connectivity index (χ4v) is 3.88. The molecular formula is C26H33N3O4. The number of hydrogen-bond donors (Lipinski definition) is 3. The van der Waals surface area contributed by atoms with Crippen LogP contribution in [0.25, 0.3) is 0 Å². The molecule has 7 heteroatoms. The smallest absolute Gasteiger partial charge is 0.273 e. The first-order chi connectivity index (χ1) is 16.1. The van der Waals surface area contributed by atoms with Gasteiger partial charge < -0.3 is 10.1 Å². The molecule has 33 heavy (non-hydrogen) atoms. The van der Waals surface area contributed by atoms with E-state index in [-0.39, 0.29) is 11.8 Å². The molecule has 1 aliphatic rings. The van der Waals surface area contributed by atoms with Gasteiger partial charge in [0.1, 0.15) is 5.75 Å². The van der Waals surface area contributed by atoms with Crippen LogP contribution in [-0.2, 0) is 4.79 Å². The number of unbranched alkanes of at least 4 members (excludes halogenated alkanes) is 2. The Balaban J connectivity index is 1.50. The number of rotatable bonds is 9. The van der Waals surface area contributed by atoms with E-state index in [1.54, 1.807) is 48.5 Å². The van der Waals surface area contributed by atoms with E-state index < -0.39 is 11.8 Å². The topological polar surface area (TPSA) is 96.5 Å². The van der Waals surface area contributed by atoms with Gasteiger partial charge in [0, 0.05) is 17.2 Å². The summed E-state index contributed by atoms with van der Waals surface area (Å²) in [4.78, 5) is 37.4. The van der Waals surface area contributed by atoms with E-state index in [0.29, 0.717) is 29.2 Å². The number of nitrogens with one attached hydrogen (secondary N) is 3. The third-order valence-electron chi connectivity index (χ3n) is 5.82. The van der Waals surface area contributed by atoms with Crippen molar-refractivity contribution in [1.29, 1.82) is 0 Å². The van der Waals surface area contributed by atoms with E-state index in [2.05, 4.69) is 23.1 Å². The Kier molecular flexibility index (Phi) is 9.30. The van der Waals surface area contributed by atoms with Crippen LogP contribution in [0.15, 0.2) is 48.5 Å². The number of amides is 3. The predicted molar refractivity (Wildman–Crippen MR) is 128 cm³/mol. The molecule has 2 aromatic rings. The minimum absolute atomic E-state index is 0.0368. The van der Waals surface area contributed by atoms with Gasteiger partial charge in [-0.05, 0) is 55.7 Å². The monoisotopic (exact) mass is 451 g/mol. The van der Waals surface area contributed by atoms with Crippen molar-refractivity contribution in [2.75, 3.05) is 11.9 Å². The minimum Gasteiger partial charge on any atom is -0.493 e. The second-order valence-electron chi connectivity index (χ2n) is 8.36. The van der Waals surface area contributed by atoms with E-state index in [1.165, 1.54) is 6.42 Å². The Morgan fingerprint density at radius 3 is 2.30 bits per heavy atom. The summed E-state index contributed by atoms with van der Waals surface area (Å²) < 4.78 is 5.73. The first-order valence-electron chi connectivity index (χ1n) is 11.8. The number of hydrazine groups is 1. The average Bonchev–Trinajstić information content (AvgIpc) is 2.86. The molecule has 3 rings (SSSR count). The number of carbonyl (C=O) groups is 3. The van der Waals surface area contributed by atoms with Crippen LogP contribution in [0.4, 0.5) is 5.69 Å². The Labute approximate surface area is 195 Å². The van der Waals surface area contributed by atoms with Crippen LogP contribution in [0.5, 0.6) is 5.75 Å². The van der Waals surface area contributed by atoms with Crippen LogP contribution in [0.3, 0.4) is 0 Å². The molecule has 0 atom stereocenters. The predicted octanol–water partition coefficient (Wildman–Crippen LogP) is 4.85. The van der Waals surface area contributed by atoms with Crippen LogP contribution >= 0.6 is 0 Å². The Hall–Kier alpha value is -3.35. The summed E-state index contributed by atoms with van der Waals surface area (Å²) in [5, 5.41) is 2.93. The Bertz CT molecular complexity index is 937. The summed E-state index contributed by atoms with van der Waals surface area (Å²) in [6, 6.07) is 13.6. The van der Waals surface area contributed by atoms with Crippen molar-refractivity contribution < 1.29 is 19.1 Å². The second-order valence-corrected chi connectivity index (χ2v) is 8.36. The van der Waals surface area contributed by atoms with Gasteiger partial charge in [0.15, 0.2) is 0 Å². The maximum atomic E-state index is 12.6. The summed E-state index contributed by atoms with van der Waals surface area (Å²) in [5.74, 6) is -0.316. The van der Waals surface area contributed by atoms with Crippen LogP contribution in [0.1, 0.15) is 79.0 Å². The molecule has 0 radical (unpaired) electrons. The van der Waals surface area contributed by atoms with Gasteiger partial charge in [-0.3, -0.25) is 25.2 Å². The van der Waals surface area contributed by atoms with Gasteiger partial charge in [-0.15, -0.1) is 0 Å². The standard InChI is InChI=1S/C26H33N3O4/c1-2-3-9-18-33-23-13-8-7-12-22(23)26(32)29-28-25(31)20-14-16-21(17-15-20)27-24(30)19-10-5-4-6-11-19/h7-8,12-17,19H,2-6,9-11,18H2,1H3,(H,27,30)(H,28,31)(H,29,32). The van der Waals surface area contributed by atoms with Crippen molar-refractivity contribution in [2.45, 2.75) is 58.3 Å². The lowest BCUT2D eigenvalue weighted by Gasteiger charge is -2.20. The quantitative estimate of drug-likeness (QED) is 0.375. The SMILES string of the molecule is CCCCCOc1ccccc1C(=O)NNC(=O)c1ccc(NC(=O)C2CCCCC2)cc1. The lowest BCUT2D eigenvalue weighted by atomic mass is 9.88. The van der Waals surface area contributed by atoms with Crippen molar-refractivity contribution in [3.63, 3.8) is 0 Å². The van der Waals surface area contributed by atoms with Crippen molar-refractivity contribution in [3.8, 4) is 5.75 Å². The van der Waals surface area contributed by atoms with Crippen molar-refractivity contribution in [2.24, 2.45) is 5.92 Å². The number of para-hydroxylation sites is 1. The fourth-order valence-electron chi connectivity index (χ4n) is 3.88. The molecule has 0 aromatic heterocycles. The molecule has 1 saturated carbocycles. The summed E-state index contributed by atoms with van der Waals surface area (Å²) >= 11 is 0. The maximum absolute atomic E-state index is 12.6. The van der Waals surface area contributed by atoms with Crippen molar-refractivity contribution in [1.82, 2.24) is 10.9 Å². The maximum Gasteiger partial charge on any atom is 0.273 e. The minimum atomic E-state index is -0.453. The Morgan fingerprint density at radius 2 is 1.58 bits per heavy atom. The molecule has 0 heterocycles. The fraction of sp³-hybridized carbons (Fsp3) is 0.423. The Morgan fingerprint density at radius 1 is 0.879 bits per heavy atom. The van der Waals surface area contributed by atoms with E-state index >= 15 is 0 Å². The van der Waals surface area contributed by atoms with Crippen LogP contribution in [0.2, 0.25) is 0 Å². The lowest BCUT2D eigenvalue weighted by molar-refractivity contribution is -0.120. The molecule has 0 saturated heterocycles. The number of anilines is 1. The molecule has 0 spiro atoms. The molecule has 0 aliphatic heterocycles. The number of benzene rings is 2. The summed E-state index contributed by atoms with van der Waals surface area (Å²) in [6.07, 6.45) is 8.31. The van der Waals surface area contributed by atoms with Gasteiger partial charge in [-0.25, -0.2) is 0 Å². The third kappa shape index (κ3) is 7.34. The van der Waals surface area contributed by atoms with E-state index in [0.717, 1.165) is 44.9 Å². The molecule has 3 amide bonds. The first kappa shape index (κ1) is 24.3. The molecule has 3 N–H and O–H groups in total. The largest absolute Gasteiger partial charge is 0.493 e. The number of hydrogen-bond acceptors (Lipinski definition) is 4. The molecule has 1 aliphatic carbocycles. The van der Waals surface area contributed by atoms with E-state index in [9.17, 15) is 14.4 Å². The molecule has 0 unspecified atom stereocenters. The van der Waals surface area contributed by atoms with Crippen LogP contribution in [0, 0.1) is 5.92 Å². The van der Waals surface area contributed by atoms with E-state index in [4.69, 9.17) is 4.74 Å². The summed E-state index contributed by atoms with van der Waals surface area (Å²) in [7, 11) is 0. The number of carbonyl (C=O) groups excluding carboxylic acids is 3. The summed E-state index contributed by atoms with van der Waals surface area (Å²) in [5.41, 5.74) is 6.25. The van der Waals surface area contributed by atoms with Gasteiger partial charge in [0.25, 0.3) is 11.8 Å². The molecule has 176 valence electrons. The normalized spacial score (nSPS) is 13.7. The zero-order valence-corrected chi connectivity index (χ0v) is 19.2. The highest BCUT2D eigenvalue weighted by atomic mass is 16.5.